The van der Waals surface area contributed by atoms with Crippen molar-refractivity contribution < 1.29 is 4.84 Å². The molecule has 0 rings (SSSR count). The quantitative estimate of drug-likeness (QED) is 0.402. The van der Waals surface area contributed by atoms with E-state index in [1.807, 2.05) is 12.2 Å². The van der Waals surface area contributed by atoms with Crippen LogP contribution in [-0.4, -0.2) is 13.3 Å². The van der Waals surface area contributed by atoms with Crippen molar-refractivity contribution in [3.8, 4) is 0 Å². The molecule has 46 valence electrons. The molecule has 0 aromatic carbocycles. The van der Waals surface area contributed by atoms with E-state index >= 15 is 0 Å². The molecule has 0 fully saturated rings. The zero-order valence-corrected chi connectivity index (χ0v) is 5.29. The summed E-state index contributed by atoms with van der Waals surface area (Å²) in [7, 11) is 1.52. The highest BCUT2D eigenvalue weighted by Gasteiger charge is 1.61. The second-order valence-electron chi connectivity index (χ2n) is 1.27. The average molecular weight is 113 g/mol. The predicted octanol–water partition coefficient (Wildman–Crippen LogP) is 1.58. The highest BCUT2D eigenvalue weighted by Crippen LogP contribution is 1.75. The maximum Gasteiger partial charge on any atom is 0.106 e. The lowest BCUT2D eigenvalue weighted by Crippen LogP contribution is -1.67. The van der Waals surface area contributed by atoms with Crippen molar-refractivity contribution in [1.82, 2.24) is 0 Å². The summed E-state index contributed by atoms with van der Waals surface area (Å²) in [5, 5.41) is 3.50. The van der Waals surface area contributed by atoms with E-state index in [2.05, 4.69) is 16.9 Å². The Labute approximate surface area is 49.8 Å². The van der Waals surface area contributed by atoms with Crippen molar-refractivity contribution in [2.75, 3.05) is 7.11 Å². The van der Waals surface area contributed by atoms with E-state index in [9.17, 15) is 0 Å². The Kier molecular flexibility index (Phi) is 5.60. The molecule has 0 saturated carbocycles. The van der Waals surface area contributed by atoms with Crippen molar-refractivity contribution >= 4 is 6.21 Å². The van der Waals surface area contributed by atoms with E-state index in [1.165, 1.54) is 7.11 Å². The van der Waals surface area contributed by atoms with E-state index < -0.39 is 0 Å². The fourth-order valence-electron chi connectivity index (χ4n) is 0.293. The van der Waals surface area contributed by atoms with Crippen LogP contribution >= 0.6 is 0 Å². The van der Waals surface area contributed by atoms with Gasteiger partial charge in [-0.2, -0.15) is 0 Å². The zero-order valence-electron chi connectivity index (χ0n) is 5.29. The van der Waals surface area contributed by atoms with Crippen LogP contribution in [0.1, 0.15) is 13.3 Å². The lowest BCUT2D eigenvalue weighted by molar-refractivity contribution is 0.215. The first kappa shape index (κ1) is 7.21. The molecule has 0 heterocycles. The van der Waals surface area contributed by atoms with Crippen molar-refractivity contribution in [2.45, 2.75) is 13.3 Å². The molecular weight excluding hydrogens is 102 g/mol. The summed E-state index contributed by atoms with van der Waals surface area (Å²) in [5.74, 6) is 0. The van der Waals surface area contributed by atoms with Gasteiger partial charge in [-0.1, -0.05) is 18.2 Å². The van der Waals surface area contributed by atoms with Crippen LogP contribution in [0, 0.1) is 0 Å². The summed E-state index contributed by atoms with van der Waals surface area (Å²) in [6.45, 7) is 2.07. The van der Waals surface area contributed by atoms with E-state index in [4.69, 9.17) is 0 Å². The third-order valence-electron chi connectivity index (χ3n) is 0.624. The first-order valence-corrected chi connectivity index (χ1v) is 2.63. The fourth-order valence-corrected chi connectivity index (χ4v) is 0.293. The van der Waals surface area contributed by atoms with Crippen LogP contribution in [0.3, 0.4) is 0 Å². The summed E-state index contributed by atoms with van der Waals surface area (Å²) < 4.78 is 0. The molecular formula is C6H11NO. The van der Waals surface area contributed by atoms with Crippen LogP contribution in [0.4, 0.5) is 0 Å². The van der Waals surface area contributed by atoms with Gasteiger partial charge in [0.25, 0.3) is 0 Å². The minimum absolute atomic E-state index is 1.04. The van der Waals surface area contributed by atoms with Gasteiger partial charge >= 0.3 is 0 Å². The highest BCUT2D eigenvalue weighted by atomic mass is 16.6. The molecule has 0 aromatic rings. The van der Waals surface area contributed by atoms with E-state index in [1.54, 1.807) is 6.21 Å². The molecule has 0 aromatic heterocycles. The largest absolute Gasteiger partial charge is 0.399 e. The van der Waals surface area contributed by atoms with Gasteiger partial charge in [-0.3, -0.25) is 0 Å². The smallest absolute Gasteiger partial charge is 0.106 e. The molecule has 0 saturated heterocycles. The summed E-state index contributed by atoms with van der Waals surface area (Å²) in [4.78, 5) is 4.41. The second kappa shape index (κ2) is 6.21. The van der Waals surface area contributed by atoms with Crippen molar-refractivity contribution in [2.24, 2.45) is 5.16 Å². The molecule has 0 spiro atoms. The van der Waals surface area contributed by atoms with Gasteiger partial charge in [-0.25, -0.2) is 0 Å². The fraction of sp³-hybridized carbons (Fsp3) is 0.500. The Balaban J connectivity index is 3.13. The highest BCUT2D eigenvalue weighted by molar-refractivity contribution is 5.70. The maximum atomic E-state index is 4.41. The van der Waals surface area contributed by atoms with Gasteiger partial charge in [0.15, 0.2) is 0 Å². The molecule has 0 N–H and O–H groups in total. The van der Waals surface area contributed by atoms with E-state index in [0.717, 1.165) is 6.42 Å². The second-order valence-corrected chi connectivity index (χ2v) is 1.27. The predicted molar refractivity (Wildman–Crippen MR) is 34.9 cm³/mol. The molecule has 0 atom stereocenters. The Morgan fingerprint density at radius 2 is 2.38 bits per heavy atom. The Morgan fingerprint density at radius 3 is 2.88 bits per heavy atom. The Hall–Kier alpha value is -0.790. The van der Waals surface area contributed by atoms with Gasteiger partial charge in [0.2, 0.25) is 0 Å². The monoisotopic (exact) mass is 113 g/mol. The molecule has 0 radical (unpaired) electrons. The molecule has 2 heteroatoms. The summed E-state index contributed by atoms with van der Waals surface area (Å²) in [6, 6.07) is 0. The van der Waals surface area contributed by atoms with Gasteiger partial charge < -0.3 is 4.84 Å². The van der Waals surface area contributed by atoms with Gasteiger partial charge in [-0.15, -0.1) is 0 Å². The standard InChI is InChI=1S/C6H11NO/c1-3-4-5-6-7-8-2/h4-6H,3H2,1-2H3. The van der Waals surface area contributed by atoms with Crippen LogP contribution in [0.2, 0.25) is 0 Å². The minimum atomic E-state index is 1.04. The number of rotatable bonds is 3. The summed E-state index contributed by atoms with van der Waals surface area (Å²) in [6.07, 6.45) is 6.51. The third kappa shape index (κ3) is 5.21. The van der Waals surface area contributed by atoms with Gasteiger partial charge in [0.05, 0.1) is 6.21 Å². The Morgan fingerprint density at radius 1 is 1.62 bits per heavy atom. The molecule has 0 amide bonds. The maximum absolute atomic E-state index is 4.41. The number of hydrogen-bond acceptors (Lipinski definition) is 2. The van der Waals surface area contributed by atoms with Crippen LogP contribution in [0.25, 0.3) is 0 Å². The summed E-state index contributed by atoms with van der Waals surface area (Å²) >= 11 is 0. The van der Waals surface area contributed by atoms with E-state index in [0.29, 0.717) is 0 Å². The van der Waals surface area contributed by atoms with Gasteiger partial charge in [-0.05, 0) is 12.5 Å². The number of oxime groups is 1. The molecule has 0 unspecified atom stereocenters. The number of allylic oxidation sites excluding steroid dienone is 2. The summed E-state index contributed by atoms with van der Waals surface area (Å²) in [5.41, 5.74) is 0. The minimum Gasteiger partial charge on any atom is -0.399 e. The number of hydrogen-bond donors (Lipinski definition) is 0. The van der Waals surface area contributed by atoms with E-state index in [-0.39, 0.29) is 0 Å². The van der Waals surface area contributed by atoms with Crippen LogP contribution < -0.4 is 0 Å². The lowest BCUT2D eigenvalue weighted by atomic mass is 10.4. The van der Waals surface area contributed by atoms with Gasteiger partial charge in [0, 0.05) is 0 Å². The lowest BCUT2D eigenvalue weighted by Gasteiger charge is -1.78. The first-order valence-electron chi connectivity index (χ1n) is 2.63. The normalized spacial score (nSPS) is 11.2. The van der Waals surface area contributed by atoms with Crippen LogP contribution in [0.5, 0.6) is 0 Å². The van der Waals surface area contributed by atoms with Crippen LogP contribution in [-0.2, 0) is 4.84 Å². The van der Waals surface area contributed by atoms with Gasteiger partial charge in [0.1, 0.15) is 7.11 Å². The first-order chi connectivity index (χ1) is 3.91. The van der Waals surface area contributed by atoms with Crippen molar-refractivity contribution in [3.05, 3.63) is 12.2 Å². The Bertz CT molecular complexity index is 74.5. The SMILES string of the molecule is CCC=CC=NOC. The average Bonchev–Trinajstić information content (AvgIpc) is 1.81. The molecule has 8 heavy (non-hydrogen) atoms. The van der Waals surface area contributed by atoms with Crippen molar-refractivity contribution in [1.29, 1.82) is 0 Å². The van der Waals surface area contributed by atoms with Crippen molar-refractivity contribution in [3.63, 3.8) is 0 Å². The number of nitrogens with zero attached hydrogens (tertiary/aromatic N) is 1. The molecule has 0 aliphatic rings. The third-order valence-corrected chi connectivity index (χ3v) is 0.624. The molecule has 0 aliphatic carbocycles. The van der Waals surface area contributed by atoms with Crippen LogP contribution in [0.15, 0.2) is 17.3 Å². The topological polar surface area (TPSA) is 21.6 Å². The molecule has 0 aliphatic heterocycles. The molecule has 0 bridgehead atoms. The zero-order chi connectivity index (χ0) is 6.24. The molecule has 2 nitrogen and oxygen atoms in total.